The number of hydrogen-bond donors (Lipinski definition) is 2. The Hall–Kier alpha value is -0.610. The molecule has 0 spiro atoms. The van der Waals surface area contributed by atoms with Crippen molar-refractivity contribution in [3.05, 3.63) is 0 Å². The highest BCUT2D eigenvalue weighted by Gasteiger charge is 2.33. The molecule has 0 bridgehead atoms. The van der Waals surface area contributed by atoms with Crippen LogP contribution in [0.5, 0.6) is 0 Å². The van der Waals surface area contributed by atoms with Crippen molar-refractivity contribution in [2.75, 3.05) is 13.2 Å². The van der Waals surface area contributed by atoms with Crippen molar-refractivity contribution in [3.8, 4) is 0 Å². The molecule has 1 aliphatic rings. The third kappa shape index (κ3) is 2.96. The van der Waals surface area contributed by atoms with Crippen LogP contribution in [-0.2, 0) is 9.53 Å². The van der Waals surface area contributed by atoms with Crippen molar-refractivity contribution >= 4 is 5.91 Å². The highest BCUT2D eigenvalue weighted by molar-refractivity contribution is 5.85. The highest BCUT2D eigenvalue weighted by Crippen LogP contribution is 2.20. The Morgan fingerprint density at radius 1 is 1.43 bits per heavy atom. The smallest absolute Gasteiger partial charge is 0.239 e. The zero-order chi connectivity index (χ0) is 10.8. The predicted molar refractivity (Wildman–Crippen MR) is 54.9 cm³/mol. The summed E-state index contributed by atoms with van der Waals surface area (Å²) in [5, 5.41) is 2.99. The minimum atomic E-state index is -0.804. The molecule has 0 aromatic carbocycles. The van der Waals surface area contributed by atoms with Gasteiger partial charge in [-0.25, -0.2) is 0 Å². The summed E-state index contributed by atoms with van der Waals surface area (Å²) in [6.07, 6.45) is 1.71. The molecular weight excluding hydrogens is 180 g/mol. The van der Waals surface area contributed by atoms with E-state index < -0.39 is 5.54 Å². The van der Waals surface area contributed by atoms with Gasteiger partial charge >= 0.3 is 0 Å². The first-order valence-electron chi connectivity index (χ1n) is 5.03. The molecule has 4 nitrogen and oxygen atoms in total. The van der Waals surface area contributed by atoms with E-state index in [1.54, 1.807) is 13.8 Å². The standard InChI is InChI=1S/C10H20N2O2/c1-9(2,11)8(13)12-10(3)4-6-14-7-5-10/h4-7,11H2,1-3H3,(H,12,13). The van der Waals surface area contributed by atoms with Gasteiger partial charge in [-0.3, -0.25) is 4.79 Å². The van der Waals surface area contributed by atoms with E-state index >= 15 is 0 Å². The van der Waals surface area contributed by atoms with Gasteiger partial charge in [0, 0.05) is 18.8 Å². The summed E-state index contributed by atoms with van der Waals surface area (Å²) in [6, 6.07) is 0. The van der Waals surface area contributed by atoms with Gasteiger partial charge in [0.1, 0.15) is 0 Å². The summed E-state index contributed by atoms with van der Waals surface area (Å²) in [4.78, 5) is 11.7. The van der Waals surface area contributed by atoms with Crippen LogP contribution in [0.1, 0.15) is 33.6 Å². The second-order valence-electron chi connectivity index (χ2n) is 4.85. The second kappa shape index (κ2) is 3.87. The van der Waals surface area contributed by atoms with Gasteiger partial charge in [0.2, 0.25) is 5.91 Å². The molecule has 0 saturated carbocycles. The average Bonchev–Trinajstić information content (AvgIpc) is 2.02. The monoisotopic (exact) mass is 200 g/mol. The van der Waals surface area contributed by atoms with E-state index in [9.17, 15) is 4.79 Å². The Morgan fingerprint density at radius 3 is 2.36 bits per heavy atom. The van der Waals surface area contributed by atoms with Crippen LogP contribution in [0.25, 0.3) is 0 Å². The van der Waals surface area contributed by atoms with Crippen LogP contribution >= 0.6 is 0 Å². The average molecular weight is 200 g/mol. The fourth-order valence-electron chi connectivity index (χ4n) is 1.38. The van der Waals surface area contributed by atoms with Gasteiger partial charge in [0.25, 0.3) is 0 Å². The molecule has 1 saturated heterocycles. The molecule has 1 amide bonds. The molecule has 4 heteroatoms. The lowest BCUT2D eigenvalue weighted by Crippen LogP contribution is -2.58. The Labute approximate surface area is 85.2 Å². The molecule has 82 valence electrons. The van der Waals surface area contributed by atoms with Gasteiger partial charge in [-0.1, -0.05) is 0 Å². The minimum absolute atomic E-state index is 0.0955. The molecule has 0 aromatic heterocycles. The lowest BCUT2D eigenvalue weighted by molar-refractivity contribution is -0.128. The van der Waals surface area contributed by atoms with E-state index in [1.165, 1.54) is 0 Å². The maximum atomic E-state index is 11.7. The predicted octanol–water partition coefficient (Wildman–Crippen LogP) is 0.409. The first-order chi connectivity index (χ1) is 6.33. The maximum absolute atomic E-state index is 11.7. The zero-order valence-electron chi connectivity index (χ0n) is 9.22. The fourth-order valence-corrected chi connectivity index (χ4v) is 1.38. The fraction of sp³-hybridized carbons (Fsp3) is 0.900. The SMILES string of the molecule is CC1(NC(=O)C(C)(C)N)CCOCC1. The van der Waals surface area contributed by atoms with Crippen LogP contribution in [0.4, 0.5) is 0 Å². The molecule has 1 heterocycles. The van der Waals surface area contributed by atoms with Crippen LogP contribution < -0.4 is 11.1 Å². The molecule has 0 unspecified atom stereocenters. The molecule has 1 fully saturated rings. The van der Waals surface area contributed by atoms with E-state index in [1.807, 2.05) is 6.92 Å². The van der Waals surface area contributed by atoms with Crippen molar-refractivity contribution < 1.29 is 9.53 Å². The van der Waals surface area contributed by atoms with Crippen molar-refractivity contribution in [2.24, 2.45) is 5.73 Å². The summed E-state index contributed by atoms with van der Waals surface area (Å²) >= 11 is 0. The number of amides is 1. The van der Waals surface area contributed by atoms with Gasteiger partial charge in [-0.15, -0.1) is 0 Å². The van der Waals surface area contributed by atoms with Crippen LogP contribution in [0.2, 0.25) is 0 Å². The van der Waals surface area contributed by atoms with Gasteiger partial charge in [-0.05, 0) is 33.6 Å². The Kier molecular flexibility index (Phi) is 3.17. The van der Waals surface area contributed by atoms with Gasteiger partial charge in [0.05, 0.1) is 5.54 Å². The molecular formula is C10H20N2O2. The van der Waals surface area contributed by atoms with Gasteiger partial charge < -0.3 is 15.8 Å². The molecule has 1 rings (SSSR count). The Bertz CT molecular complexity index is 215. The number of nitrogens with one attached hydrogen (secondary N) is 1. The third-order valence-corrected chi connectivity index (χ3v) is 2.60. The van der Waals surface area contributed by atoms with E-state index in [0.29, 0.717) is 13.2 Å². The summed E-state index contributed by atoms with van der Waals surface area (Å²) in [7, 11) is 0. The first kappa shape index (κ1) is 11.5. The lowest BCUT2D eigenvalue weighted by atomic mass is 9.91. The lowest BCUT2D eigenvalue weighted by Gasteiger charge is -2.36. The Morgan fingerprint density at radius 2 is 1.93 bits per heavy atom. The molecule has 1 aliphatic heterocycles. The Balaban J connectivity index is 2.54. The van der Waals surface area contributed by atoms with Crippen molar-refractivity contribution in [3.63, 3.8) is 0 Å². The van der Waals surface area contributed by atoms with E-state index in [2.05, 4.69) is 5.32 Å². The molecule has 0 radical (unpaired) electrons. The normalized spacial score (nSPS) is 21.7. The first-order valence-corrected chi connectivity index (χ1v) is 5.03. The maximum Gasteiger partial charge on any atom is 0.239 e. The van der Waals surface area contributed by atoms with Crippen molar-refractivity contribution in [1.82, 2.24) is 5.32 Å². The summed E-state index contributed by atoms with van der Waals surface area (Å²) < 4.78 is 5.25. The molecule has 3 N–H and O–H groups in total. The van der Waals surface area contributed by atoms with Crippen LogP contribution in [0.15, 0.2) is 0 Å². The highest BCUT2D eigenvalue weighted by atomic mass is 16.5. The number of rotatable bonds is 2. The van der Waals surface area contributed by atoms with Gasteiger partial charge in [0.15, 0.2) is 0 Å². The number of carbonyl (C=O) groups excluding carboxylic acids is 1. The van der Waals surface area contributed by atoms with Crippen molar-refractivity contribution in [1.29, 1.82) is 0 Å². The zero-order valence-corrected chi connectivity index (χ0v) is 9.22. The van der Waals surface area contributed by atoms with Gasteiger partial charge in [-0.2, -0.15) is 0 Å². The minimum Gasteiger partial charge on any atom is -0.381 e. The number of ether oxygens (including phenoxy) is 1. The molecule has 0 atom stereocenters. The van der Waals surface area contributed by atoms with E-state index in [-0.39, 0.29) is 11.4 Å². The molecule has 0 aliphatic carbocycles. The number of nitrogens with two attached hydrogens (primary N) is 1. The largest absolute Gasteiger partial charge is 0.381 e. The molecule has 14 heavy (non-hydrogen) atoms. The topological polar surface area (TPSA) is 64.4 Å². The summed E-state index contributed by atoms with van der Waals surface area (Å²) in [5.41, 5.74) is 4.76. The third-order valence-electron chi connectivity index (χ3n) is 2.60. The van der Waals surface area contributed by atoms with E-state index in [0.717, 1.165) is 12.8 Å². The second-order valence-corrected chi connectivity index (χ2v) is 4.85. The number of hydrogen-bond acceptors (Lipinski definition) is 3. The quantitative estimate of drug-likeness (QED) is 0.678. The number of carbonyl (C=O) groups is 1. The van der Waals surface area contributed by atoms with Crippen molar-refractivity contribution in [2.45, 2.75) is 44.7 Å². The molecule has 0 aromatic rings. The van der Waals surface area contributed by atoms with E-state index in [4.69, 9.17) is 10.5 Å². The van der Waals surface area contributed by atoms with Crippen LogP contribution in [0.3, 0.4) is 0 Å². The summed E-state index contributed by atoms with van der Waals surface area (Å²) in [6.45, 7) is 6.89. The van der Waals surface area contributed by atoms with Crippen LogP contribution in [0, 0.1) is 0 Å². The summed E-state index contributed by atoms with van der Waals surface area (Å²) in [5.74, 6) is -0.0955. The van der Waals surface area contributed by atoms with Crippen LogP contribution in [-0.4, -0.2) is 30.2 Å².